The smallest absolute Gasteiger partial charge is 0.160 e. The van der Waals surface area contributed by atoms with Gasteiger partial charge in [0.2, 0.25) is 0 Å². The summed E-state index contributed by atoms with van der Waals surface area (Å²) in [6, 6.07) is 12.7. The summed E-state index contributed by atoms with van der Waals surface area (Å²) in [5.41, 5.74) is 2.84. The van der Waals surface area contributed by atoms with Gasteiger partial charge in [-0.05, 0) is 49.0 Å². The first-order valence-corrected chi connectivity index (χ1v) is 10.0. The fourth-order valence-electron chi connectivity index (χ4n) is 3.12. The van der Waals surface area contributed by atoms with E-state index in [0.717, 1.165) is 28.6 Å². The Kier molecular flexibility index (Phi) is 5.37. The second-order valence-electron chi connectivity index (χ2n) is 6.43. The lowest BCUT2D eigenvalue weighted by atomic mass is 10.1. The lowest BCUT2D eigenvalue weighted by molar-refractivity contribution is 0.509. The van der Waals surface area contributed by atoms with Crippen molar-refractivity contribution in [1.29, 1.82) is 0 Å². The van der Waals surface area contributed by atoms with Crippen molar-refractivity contribution in [2.24, 2.45) is 0 Å². The molecule has 4 aromatic rings. The van der Waals surface area contributed by atoms with E-state index in [-0.39, 0.29) is 0 Å². The Morgan fingerprint density at radius 3 is 2.59 bits per heavy atom. The van der Waals surface area contributed by atoms with Crippen LogP contribution in [-0.4, -0.2) is 20.2 Å². The Hall–Kier alpha value is -3.10. The van der Waals surface area contributed by atoms with Crippen molar-refractivity contribution in [2.45, 2.75) is 11.4 Å². The minimum Gasteiger partial charge on any atom is -0.355 e. The molecule has 29 heavy (non-hydrogen) atoms. The fraction of sp³-hybridized carbons (Fsp3) is 0.0952. The molecule has 0 saturated heterocycles. The number of halogens is 2. The van der Waals surface area contributed by atoms with Crippen molar-refractivity contribution in [3.63, 3.8) is 0 Å². The fourth-order valence-corrected chi connectivity index (χ4v) is 4.24. The first-order chi connectivity index (χ1) is 14.1. The number of benzene rings is 2. The third-order valence-electron chi connectivity index (χ3n) is 4.44. The van der Waals surface area contributed by atoms with E-state index in [9.17, 15) is 13.0 Å². The number of fused-ring (bicyclic) bond motifs is 1. The molecule has 2 aromatic heterocycles. The molecule has 0 bridgehead atoms. The van der Waals surface area contributed by atoms with Crippen LogP contribution in [0, 0.1) is 11.6 Å². The third kappa shape index (κ3) is 3.90. The summed E-state index contributed by atoms with van der Waals surface area (Å²) < 4.78 is 41.5. The van der Waals surface area contributed by atoms with Crippen LogP contribution in [0.1, 0.15) is 5.56 Å². The molecule has 1 unspecified atom stereocenters. The van der Waals surface area contributed by atoms with Gasteiger partial charge in [0.25, 0.3) is 0 Å². The van der Waals surface area contributed by atoms with Crippen LogP contribution in [0.4, 0.5) is 20.2 Å². The molecule has 0 spiro atoms. The molecule has 0 amide bonds. The van der Waals surface area contributed by atoms with Crippen LogP contribution in [0.5, 0.6) is 0 Å². The Morgan fingerprint density at radius 2 is 1.86 bits per heavy atom. The first-order valence-electron chi connectivity index (χ1n) is 8.90. The molecule has 148 valence electrons. The number of nitrogens with zero attached hydrogens (tertiary/aromatic N) is 2. The standard InChI is InChI=1S/C21H18F2N4OS/c1-24-11-14-13-27(29(28)17-3-2-8-25-12-17)21-10-16(4-6-18(14)21)26-15-5-7-19(22)20(23)9-15/h2-10,12-13,24,26H,11H2,1H3. The highest BCUT2D eigenvalue weighted by molar-refractivity contribution is 7.83. The van der Waals surface area contributed by atoms with Crippen LogP contribution in [0.2, 0.25) is 0 Å². The van der Waals surface area contributed by atoms with Gasteiger partial charge in [0.05, 0.1) is 10.4 Å². The number of anilines is 2. The monoisotopic (exact) mass is 412 g/mol. The van der Waals surface area contributed by atoms with E-state index in [4.69, 9.17) is 0 Å². The highest BCUT2D eigenvalue weighted by Crippen LogP contribution is 2.28. The third-order valence-corrected chi connectivity index (χ3v) is 5.75. The predicted octanol–water partition coefficient (Wildman–Crippen LogP) is 4.35. The Bertz CT molecular complexity index is 1190. The van der Waals surface area contributed by atoms with Crippen molar-refractivity contribution < 1.29 is 13.0 Å². The minimum atomic E-state index is -1.48. The highest BCUT2D eigenvalue weighted by atomic mass is 32.2. The summed E-state index contributed by atoms with van der Waals surface area (Å²) in [5.74, 6) is -1.82. The second kappa shape index (κ2) is 8.10. The van der Waals surface area contributed by atoms with E-state index >= 15 is 0 Å². The average molecular weight is 412 g/mol. The summed E-state index contributed by atoms with van der Waals surface area (Å²) in [6.45, 7) is 0.615. The molecule has 0 aliphatic rings. The molecule has 4 rings (SSSR count). The average Bonchev–Trinajstić information content (AvgIpc) is 3.09. The van der Waals surface area contributed by atoms with Crippen LogP contribution >= 0.6 is 0 Å². The molecule has 1 atom stereocenters. The lowest BCUT2D eigenvalue weighted by Gasteiger charge is -2.09. The van der Waals surface area contributed by atoms with E-state index in [1.54, 1.807) is 28.5 Å². The normalized spacial score (nSPS) is 12.2. The van der Waals surface area contributed by atoms with Crippen molar-refractivity contribution >= 4 is 33.3 Å². The molecule has 0 radical (unpaired) electrons. The van der Waals surface area contributed by atoms with Crippen molar-refractivity contribution in [3.8, 4) is 0 Å². The number of nitrogens with one attached hydrogen (secondary N) is 2. The van der Waals surface area contributed by atoms with Crippen LogP contribution in [0.15, 0.2) is 72.0 Å². The maximum Gasteiger partial charge on any atom is 0.160 e. The van der Waals surface area contributed by atoms with Gasteiger partial charge in [0, 0.05) is 48.0 Å². The molecule has 0 aliphatic carbocycles. The number of hydrogen-bond acceptors (Lipinski definition) is 4. The van der Waals surface area contributed by atoms with Crippen LogP contribution < -0.4 is 10.6 Å². The van der Waals surface area contributed by atoms with E-state index in [0.29, 0.717) is 22.8 Å². The summed E-state index contributed by atoms with van der Waals surface area (Å²) in [4.78, 5) is 4.63. The topological polar surface area (TPSA) is 59.0 Å². The van der Waals surface area contributed by atoms with Crippen LogP contribution in [-0.2, 0) is 17.5 Å². The summed E-state index contributed by atoms with van der Waals surface area (Å²) in [6.07, 6.45) is 5.06. The number of rotatable bonds is 6. The number of hydrogen-bond donors (Lipinski definition) is 2. The zero-order chi connectivity index (χ0) is 20.4. The number of aromatic nitrogens is 2. The van der Waals surface area contributed by atoms with Crippen molar-refractivity contribution in [2.75, 3.05) is 12.4 Å². The quantitative estimate of drug-likeness (QED) is 0.494. The molecule has 2 N–H and O–H groups in total. The maximum absolute atomic E-state index is 13.5. The van der Waals surface area contributed by atoms with Gasteiger partial charge in [-0.3, -0.25) is 8.96 Å². The lowest BCUT2D eigenvalue weighted by Crippen LogP contribution is -2.05. The van der Waals surface area contributed by atoms with Gasteiger partial charge in [-0.25, -0.2) is 13.0 Å². The van der Waals surface area contributed by atoms with E-state index in [1.807, 2.05) is 31.4 Å². The molecule has 0 aliphatic heterocycles. The van der Waals surface area contributed by atoms with Crippen molar-refractivity contribution in [1.82, 2.24) is 14.3 Å². The Balaban J connectivity index is 1.77. The predicted molar refractivity (Wildman–Crippen MR) is 110 cm³/mol. The molecule has 0 saturated carbocycles. The van der Waals surface area contributed by atoms with E-state index in [1.165, 1.54) is 6.07 Å². The zero-order valence-corrected chi connectivity index (χ0v) is 16.3. The van der Waals surface area contributed by atoms with Crippen LogP contribution in [0.25, 0.3) is 10.9 Å². The van der Waals surface area contributed by atoms with Crippen molar-refractivity contribution in [3.05, 3.63) is 84.3 Å². The molecule has 5 nitrogen and oxygen atoms in total. The van der Waals surface area contributed by atoms with Gasteiger partial charge >= 0.3 is 0 Å². The second-order valence-corrected chi connectivity index (χ2v) is 7.80. The van der Waals surface area contributed by atoms with E-state index < -0.39 is 22.6 Å². The van der Waals surface area contributed by atoms with Gasteiger partial charge in [0.1, 0.15) is 0 Å². The molecule has 2 heterocycles. The molecular weight excluding hydrogens is 394 g/mol. The van der Waals surface area contributed by atoms with E-state index in [2.05, 4.69) is 15.6 Å². The molecule has 0 fully saturated rings. The minimum absolute atomic E-state index is 0.421. The van der Waals surface area contributed by atoms with Gasteiger partial charge in [-0.15, -0.1) is 0 Å². The summed E-state index contributed by atoms with van der Waals surface area (Å²) in [7, 11) is 0.371. The molecule has 8 heteroatoms. The zero-order valence-electron chi connectivity index (χ0n) is 15.5. The molecule has 2 aromatic carbocycles. The Labute approximate surface area is 169 Å². The highest BCUT2D eigenvalue weighted by Gasteiger charge is 2.15. The maximum atomic E-state index is 13.5. The summed E-state index contributed by atoms with van der Waals surface area (Å²) in [5, 5.41) is 7.13. The molecular formula is C21H18F2N4OS. The first kappa shape index (κ1) is 19.2. The Morgan fingerprint density at radius 1 is 1.07 bits per heavy atom. The SMILES string of the molecule is CNCc1cn(S(=O)c2cccnc2)c2cc(Nc3ccc(F)c(F)c3)ccc12. The summed E-state index contributed by atoms with van der Waals surface area (Å²) >= 11 is 0. The van der Waals surface area contributed by atoms with Gasteiger partial charge < -0.3 is 10.6 Å². The van der Waals surface area contributed by atoms with Gasteiger partial charge in [-0.2, -0.15) is 0 Å². The van der Waals surface area contributed by atoms with Gasteiger partial charge in [0.15, 0.2) is 22.6 Å². The van der Waals surface area contributed by atoms with Gasteiger partial charge in [-0.1, -0.05) is 6.07 Å². The van der Waals surface area contributed by atoms with Crippen LogP contribution in [0.3, 0.4) is 0 Å². The number of pyridine rings is 1. The largest absolute Gasteiger partial charge is 0.355 e.